The van der Waals surface area contributed by atoms with Gasteiger partial charge < -0.3 is 4.74 Å². The van der Waals surface area contributed by atoms with Gasteiger partial charge in [0.05, 0.1) is 6.61 Å². The molecule has 1 unspecified atom stereocenters. The van der Waals surface area contributed by atoms with E-state index in [2.05, 4.69) is 18.7 Å². The average Bonchev–Trinajstić information content (AvgIpc) is 2.50. The molecule has 2 heteroatoms. The lowest BCUT2D eigenvalue weighted by Crippen LogP contribution is -2.08. The van der Waals surface area contributed by atoms with Crippen LogP contribution >= 0.6 is 11.8 Å². The number of hydrogen-bond acceptors (Lipinski definition) is 2. The van der Waals surface area contributed by atoms with E-state index < -0.39 is 0 Å². The fraction of sp³-hybridized carbons (Fsp3) is 1.00. The molecule has 0 amide bonds. The Hall–Kier alpha value is 0.310. The number of hydrogen-bond donors (Lipinski definition) is 0. The van der Waals surface area contributed by atoms with Crippen molar-refractivity contribution in [2.75, 3.05) is 19.0 Å². The first kappa shape index (κ1) is 9.40. The standard InChI is InChI=1S/C9H18OS/c1-2-3-6-10-8-9-5-4-7-11-9/h9H,2-8H2,1H3. The normalized spacial score (nSPS) is 24.3. The predicted molar refractivity (Wildman–Crippen MR) is 51.2 cm³/mol. The summed E-state index contributed by atoms with van der Waals surface area (Å²) in [7, 11) is 0. The van der Waals surface area contributed by atoms with Gasteiger partial charge in [-0.1, -0.05) is 13.3 Å². The summed E-state index contributed by atoms with van der Waals surface area (Å²) in [4.78, 5) is 0. The van der Waals surface area contributed by atoms with Gasteiger partial charge in [0.2, 0.25) is 0 Å². The molecule has 0 radical (unpaired) electrons. The van der Waals surface area contributed by atoms with Gasteiger partial charge in [-0.3, -0.25) is 0 Å². The minimum atomic E-state index is 0.812. The van der Waals surface area contributed by atoms with Crippen LogP contribution in [0.5, 0.6) is 0 Å². The van der Waals surface area contributed by atoms with E-state index in [9.17, 15) is 0 Å². The second-order valence-electron chi connectivity index (χ2n) is 3.06. The molecule has 1 nitrogen and oxygen atoms in total. The van der Waals surface area contributed by atoms with Crippen LogP contribution in [-0.2, 0) is 4.74 Å². The Morgan fingerprint density at radius 1 is 1.55 bits per heavy atom. The largest absolute Gasteiger partial charge is 0.380 e. The minimum absolute atomic E-state index is 0.812. The zero-order valence-corrected chi connectivity index (χ0v) is 8.16. The maximum atomic E-state index is 5.54. The molecule has 66 valence electrons. The van der Waals surface area contributed by atoms with Gasteiger partial charge >= 0.3 is 0 Å². The third kappa shape index (κ3) is 4.02. The van der Waals surface area contributed by atoms with Crippen molar-refractivity contribution in [1.82, 2.24) is 0 Å². The average molecular weight is 174 g/mol. The molecule has 0 spiro atoms. The highest BCUT2D eigenvalue weighted by Crippen LogP contribution is 2.25. The van der Waals surface area contributed by atoms with Crippen molar-refractivity contribution >= 4 is 11.8 Å². The van der Waals surface area contributed by atoms with Crippen molar-refractivity contribution in [3.63, 3.8) is 0 Å². The molecule has 1 aliphatic rings. The highest BCUT2D eigenvalue weighted by Gasteiger charge is 2.14. The molecule has 1 fully saturated rings. The van der Waals surface area contributed by atoms with Crippen LogP contribution in [0.2, 0.25) is 0 Å². The van der Waals surface area contributed by atoms with Crippen molar-refractivity contribution in [3.05, 3.63) is 0 Å². The fourth-order valence-corrected chi connectivity index (χ4v) is 2.43. The van der Waals surface area contributed by atoms with E-state index in [0.717, 1.165) is 18.5 Å². The molecule has 1 heterocycles. The number of thioether (sulfide) groups is 1. The van der Waals surface area contributed by atoms with Gasteiger partial charge in [-0.2, -0.15) is 11.8 Å². The fourth-order valence-electron chi connectivity index (χ4n) is 1.24. The second kappa shape index (κ2) is 5.90. The molecule has 1 rings (SSSR count). The van der Waals surface area contributed by atoms with Crippen LogP contribution in [0.3, 0.4) is 0 Å². The third-order valence-corrected chi connectivity index (χ3v) is 3.34. The maximum absolute atomic E-state index is 5.54. The number of rotatable bonds is 5. The first-order chi connectivity index (χ1) is 5.43. The molecular formula is C9H18OS. The van der Waals surface area contributed by atoms with E-state index in [0.29, 0.717) is 0 Å². The van der Waals surface area contributed by atoms with Gasteiger partial charge in [-0.05, 0) is 25.0 Å². The summed E-state index contributed by atoms with van der Waals surface area (Å²) < 4.78 is 5.54. The molecule has 0 bridgehead atoms. The van der Waals surface area contributed by atoms with Gasteiger partial charge in [0.15, 0.2) is 0 Å². The summed E-state index contributed by atoms with van der Waals surface area (Å²) in [6.07, 6.45) is 5.23. The van der Waals surface area contributed by atoms with E-state index >= 15 is 0 Å². The lowest BCUT2D eigenvalue weighted by molar-refractivity contribution is 0.132. The molecule has 1 aliphatic heterocycles. The second-order valence-corrected chi connectivity index (χ2v) is 4.47. The Labute approximate surface area is 73.9 Å². The predicted octanol–water partition coefficient (Wildman–Crippen LogP) is 2.70. The molecule has 1 atom stereocenters. The lowest BCUT2D eigenvalue weighted by Gasteiger charge is -2.08. The smallest absolute Gasteiger partial charge is 0.0584 e. The highest BCUT2D eigenvalue weighted by atomic mass is 32.2. The summed E-state index contributed by atoms with van der Waals surface area (Å²) >= 11 is 2.08. The Morgan fingerprint density at radius 2 is 2.45 bits per heavy atom. The Balaban J connectivity index is 1.86. The van der Waals surface area contributed by atoms with E-state index in [1.165, 1.54) is 31.4 Å². The summed E-state index contributed by atoms with van der Waals surface area (Å²) in [5.41, 5.74) is 0. The van der Waals surface area contributed by atoms with Crippen molar-refractivity contribution in [3.8, 4) is 0 Å². The van der Waals surface area contributed by atoms with Crippen LogP contribution in [0.15, 0.2) is 0 Å². The lowest BCUT2D eigenvalue weighted by atomic mass is 10.3. The third-order valence-electron chi connectivity index (χ3n) is 1.97. The van der Waals surface area contributed by atoms with Crippen molar-refractivity contribution in [2.24, 2.45) is 0 Å². The quantitative estimate of drug-likeness (QED) is 0.593. The number of ether oxygens (including phenoxy) is 1. The van der Waals surface area contributed by atoms with E-state index in [1.807, 2.05) is 0 Å². The number of unbranched alkanes of at least 4 members (excludes halogenated alkanes) is 1. The van der Waals surface area contributed by atoms with Gasteiger partial charge in [-0.15, -0.1) is 0 Å². The van der Waals surface area contributed by atoms with Gasteiger partial charge in [0, 0.05) is 11.9 Å². The van der Waals surface area contributed by atoms with Crippen molar-refractivity contribution in [2.45, 2.75) is 37.9 Å². The molecule has 0 aromatic carbocycles. The van der Waals surface area contributed by atoms with Crippen molar-refractivity contribution < 1.29 is 4.74 Å². The molecular weight excluding hydrogens is 156 g/mol. The summed E-state index contributed by atoms with van der Waals surface area (Å²) in [5, 5.41) is 0.812. The van der Waals surface area contributed by atoms with Gasteiger partial charge in [-0.25, -0.2) is 0 Å². The maximum Gasteiger partial charge on any atom is 0.0584 e. The van der Waals surface area contributed by atoms with Gasteiger partial charge in [0.1, 0.15) is 0 Å². The Bertz CT molecular complexity index is 89.6. The Kier molecular flexibility index (Phi) is 5.04. The van der Waals surface area contributed by atoms with Gasteiger partial charge in [0.25, 0.3) is 0 Å². The molecule has 11 heavy (non-hydrogen) atoms. The zero-order valence-electron chi connectivity index (χ0n) is 7.34. The summed E-state index contributed by atoms with van der Waals surface area (Å²) in [6, 6.07) is 0. The minimum Gasteiger partial charge on any atom is -0.380 e. The summed E-state index contributed by atoms with van der Waals surface area (Å²) in [6.45, 7) is 4.16. The first-order valence-corrected chi connectivity index (χ1v) is 5.67. The topological polar surface area (TPSA) is 9.23 Å². The highest BCUT2D eigenvalue weighted by molar-refractivity contribution is 8.00. The van der Waals surface area contributed by atoms with Crippen LogP contribution in [0.1, 0.15) is 32.6 Å². The molecule has 0 N–H and O–H groups in total. The molecule has 1 saturated heterocycles. The van der Waals surface area contributed by atoms with Crippen LogP contribution in [-0.4, -0.2) is 24.2 Å². The monoisotopic (exact) mass is 174 g/mol. The van der Waals surface area contributed by atoms with Crippen molar-refractivity contribution in [1.29, 1.82) is 0 Å². The van der Waals surface area contributed by atoms with Crippen LogP contribution < -0.4 is 0 Å². The zero-order chi connectivity index (χ0) is 7.94. The van der Waals surface area contributed by atoms with E-state index in [-0.39, 0.29) is 0 Å². The Morgan fingerprint density at radius 3 is 3.09 bits per heavy atom. The molecule has 0 aromatic heterocycles. The molecule has 0 aliphatic carbocycles. The van der Waals surface area contributed by atoms with Crippen LogP contribution in [0.25, 0.3) is 0 Å². The van der Waals surface area contributed by atoms with E-state index in [1.54, 1.807) is 0 Å². The SMILES string of the molecule is CCCCOCC1CCCS1. The van der Waals surface area contributed by atoms with Crippen LogP contribution in [0.4, 0.5) is 0 Å². The summed E-state index contributed by atoms with van der Waals surface area (Å²) in [5.74, 6) is 1.35. The molecule has 0 aromatic rings. The molecule has 0 saturated carbocycles. The van der Waals surface area contributed by atoms with E-state index in [4.69, 9.17) is 4.74 Å². The van der Waals surface area contributed by atoms with Crippen LogP contribution in [0, 0.1) is 0 Å². The first-order valence-electron chi connectivity index (χ1n) is 4.63.